The summed E-state index contributed by atoms with van der Waals surface area (Å²) in [5, 5.41) is 0. The van der Waals surface area contributed by atoms with Gasteiger partial charge in [0.15, 0.2) is 0 Å². The highest BCUT2D eigenvalue weighted by Crippen LogP contribution is 2.19. The predicted molar refractivity (Wildman–Crippen MR) is 58.4 cm³/mol. The molecule has 1 atom stereocenters. The molecule has 0 aliphatic rings. The van der Waals surface area contributed by atoms with Crippen molar-refractivity contribution >= 4 is 5.96 Å². The highest BCUT2D eigenvalue weighted by atomic mass is 15.3. The van der Waals surface area contributed by atoms with Gasteiger partial charge < -0.3 is 5.73 Å². The number of nitrogens with one attached hydrogen (secondary N) is 1. The second-order valence-corrected chi connectivity index (χ2v) is 2.99. The lowest BCUT2D eigenvalue weighted by atomic mass is 10.1. The van der Waals surface area contributed by atoms with Gasteiger partial charge in [0.2, 0.25) is 5.96 Å². The second kappa shape index (κ2) is 5.24. The van der Waals surface area contributed by atoms with Gasteiger partial charge in [-0.25, -0.2) is 10.8 Å². The highest BCUT2D eigenvalue weighted by Gasteiger charge is 2.06. The number of nitrogens with zero attached hydrogens (tertiary/aromatic N) is 1. The van der Waals surface area contributed by atoms with E-state index in [0.717, 1.165) is 12.0 Å². The van der Waals surface area contributed by atoms with Crippen molar-refractivity contribution in [2.45, 2.75) is 19.4 Å². The molecular weight excluding hydrogens is 176 g/mol. The summed E-state index contributed by atoms with van der Waals surface area (Å²) in [5.74, 6) is 5.41. The first kappa shape index (κ1) is 10.5. The van der Waals surface area contributed by atoms with E-state index in [1.165, 1.54) is 0 Å². The van der Waals surface area contributed by atoms with Crippen LogP contribution in [-0.4, -0.2) is 5.96 Å². The smallest absolute Gasteiger partial charge is 0.203 e. The highest BCUT2D eigenvalue weighted by molar-refractivity contribution is 5.77. The van der Waals surface area contributed by atoms with Gasteiger partial charge in [0.25, 0.3) is 0 Å². The van der Waals surface area contributed by atoms with Crippen LogP contribution in [0.1, 0.15) is 24.9 Å². The maximum absolute atomic E-state index is 5.50. The molecule has 0 aliphatic carbocycles. The number of benzene rings is 1. The van der Waals surface area contributed by atoms with Crippen molar-refractivity contribution in [1.29, 1.82) is 0 Å². The third kappa shape index (κ3) is 2.74. The zero-order valence-electron chi connectivity index (χ0n) is 8.27. The monoisotopic (exact) mass is 192 g/mol. The number of rotatable bonds is 3. The number of hydrogen-bond donors (Lipinski definition) is 3. The van der Waals surface area contributed by atoms with Crippen LogP contribution in [0.4, 0.5) is 0 Å². The SMILES string of the molecule is CCC(N=C(N)NN)c1ccccc1. The van der Waals surface area contributed by atoms with Gasteiger partial charge in [0.05, 0.1) is 6.04 Å². The molecule has 4 nitrogen and oxygen atoms in total. The Morgan fingerprint density at radius 2 is 2.07 bits per heavy atom. The van der Waals surface area contributed by atoms with Gasteiger partial charge >= 0.3 is 0 Å². The van der Waals surface area contributed by atoms with E-state index in [2.05, 4.69) is 17.3 Å². The maximum Gasteiger partial charge on any atom is 0.203 e. The van der Waals surface area contributed by atoms with E-state index >= 15 is 0 Å². The molecule has 0 saturated heterocycles. The summed E-state index contributed by atoms with van der Waals surface area (Å²) in [4.78, 5) is 4.24. The van der Waals surface area contributed by atoms with Crippen molar-refractivity contribution in [2.24, 2.45) is 16.6 Å². The van der Waals surface area contributed by atoms with Crippen LogP contribution in [0, 0.1) is 0 Å². The molecule has 1 rings (SSSR count). The van der Waals surface area contributed by atoms with Crippen LogP contribution in [0.2, 0.25) is 0 Å². The summed E-state index contributed by atoms with van der Waals surface area (Å²) in [5.41, 5.74) is 8.97. The van der Waals surface area contributed by atoms with E-state index in [-0.39, 0.29) is 12.0 Å². The molecule has 1 aromatic carbocycles. The van der Waals surface area contributed by atoms with Gasteiger partial charge in [-0.15, -0.1) is 0 Å². The molecule has 76 valence electrons. The van der Waals surface area contributed by atoms with Gasteiger partial charge in [-0.2, -0.15) is 0 Å². The van der Waals surface area contributed by atoms with Crippen LogP contribution in [0.5, 0.6) is 0 Å². The molecule has 4 heteroatoms. The van der Waals surface area contributed by atoms with Crippen molar-refractivity contribution < 1.29 is 0 Å². The van der Waals surface area contributed by atoms with Crippen LogP contribution < -0.4 is 17.0 Å². The van der Waals surface area contributed by atoms with Gasteiger partial charge in [0.1, 0.15) is 0 Å². The van der Waals surface area contributed by atoms with Crippen molar-refractivity contribution in [3.63, 3.8) is 0 Å². The molecule has 14 heavy (non-hydrogen) atoms. The van der Waals surface area contributed by atoms with Crippen molar-refractivity contribution in [1.82, 2.24) is 5.43 Å². The maximum atomic E-state index is 5.50. The first-order valence-corrected chi connectivity index (χ1v) is 4.62. The zero-order valence-corrected chi connectivity index (χ0v) is 8.27. The summed E-state index contributed by atoms with van der Waals surface area (Å²) >= 11 is 0. The number of hydrazine groups is 1. The van der Waals surface area contributed by atoms with Gasteiger partial charge in [-0.1, -0.05) is 37.3 Å². The second-order valence-electron chi connectivity index (χ2n) is 2.99. The first-order valence-electron chi connectivity index (χ1n) is 4.62. The number of hydrogen-bond acceptors (Lipinski definition) is 2. The molecule has 0 saturated carbocycles. The molecule has 0 bridgehead atoms. The molecule has 1 aromatic rings. The van der Waals surface area contributed by atoms with Gasteiger partial charge in [-0.05, 0) is 12.0 Å². The predicted octanol–water partition coefficient (Wildman–Crippen LogP) is 0.916. The minimum atomic E-state index is 0.0762. The van der Waals surface area contributed by atoms with E-state index in [1.54, 1.807) is 0 Å². The first-order chi connectivity index (χ1) is 6.77. The number of aliphatic imine (C=N–C) groups is 1. The molecule has 5 N–H and O–H groups in total. The molecule has 0 amide bonds. The number of nitrogens with two attached hydrogens (primary N) is 2. The topological polar surface area (TPSA) is 76.4 Å². The van der Waals surface area contributed by atoms with Crippen LogP contribution in [0.25, 0.3) is 0 Å². The van der Waals surface area contributed by atoms with Gasteiger partial charge in [-0.3, -0.25) is 5.43 Å². The van der Waals surface area contributed by atoms with Crippen LogP contribution in [0.15, 0.2) is 35.3 Å². The summed E-state index contributed by atoms with van der Waals surface area (Å²) in [6.07, 6.45) is 0.895. The number of guanidine groups is 1. The Hall–Kier alpha value is -1.55. The minimum Gasteiger partial charge on any atom is -0.369 e. The summed E-state index contributed by atoms with van der Waals surface area (Å²) in [7, 11) is 0. The van der Waals surface area contributed by atoms with Crippen LogP contribution in [0.3, 0.4) is 0 Å². The lowest BCUT2D eigenvalue weighted by molar-refractivity contribution is 0.693. The molecule has 0 radical (unpaired) electrons. The van der Waals surface area contributed by atoms with Crippen LogP contribution in [-0.2, 0) is 0 Å². The summed E-state index contributed by atoms with van der Waals surface area (Å²) in [6.45, 7) is 2.06. The quantitative estimate of drug-likeness (QED) is 0.288. The van der Waals surface area contributed by atoms with Gasteiger partial charge in [0, 0.05) is 0 Å². The molecular formula is C10H16N4. The average molecular weight is 192 g/mol. The van der Waals surface area contributed by atoms with E-state index in [4.69, 9.17) is 11.6 Å². The third-order valence-corrected chi connectivity index (χ3v) is 2.01. The Morgan fingerprint density at radius 1 is 1.43 bits per heavy atom. The van der Waals surface area contributed by atoms with Crippen molar-refractivity contribution in [3.8, 4) is 0 Å². The van der Waals surface area contributed by atoms with E-state index in [9.17, 15) is 0 Å². The lowest BCUT2D eigenvalue weighted by Crippen LogP contribution is -2.37. The normalized spacial score (nSPS) is 13.7. The fourth-order valence-corrected chi connectivity index (χ4v) is 1.28. The Morgan fingerprint density at radius 3 is 2.57 bits per heavy atom. The fraction of sp³-hybridized carbons (Fsp3) is 0.300. The van der Waals surface area contributed by atoms with E-state index < -0.39 is 0 Å². The van der Waals surface area contributed by atoms with Crippen molar-refractivity contribution in [3.05, 3.63) is 35.9 Å². The van der Waals surface area contributed by atoms with Crippen LogP contribution >= 0.6 is 0 Å². The lowest BCUT2D eigenvalue weighted by Gasteiger charge is -2.11. The minimum absolute atomic E-state index is 0.0762. The zero-order chi connectivity index (χ0) is 10.4. The summed E-state index contributed by atoms with van der Waals surface area (Å²) in [6, 6.07) is 10.1. The Bertz CT molecular complexity index is 294. The standard InChI is InChI=1S/C10H16N4/c1-2-9(13-10(11)14-12)8-6-4-3-5-7-8/h3-7,9H,2,12H2,1H3,(H3,11,13,14). The molecule has 0 aromatic heterocycles. The molecule has 0 fully saturated rings. The molecule has 0 aliphatic heterocycles. The van der Waals surface area contributed by atoms with Crippen molar-refractivity contribution in [2.75, 3.05) is 0 Å². The molecule has 0 spiro atoms. The molecule has 0 heterocycles. The average Bonchev–Trinajstić information content (AvgIpc) is 2.26. The largest absolute Gasteiger partial charge is 0.369 e. The summed E-state index contributed by atoms with van der Waals surface area (Å²) < 4.78 is 0. The Labute approximate surface area is 84.0 Å². The third-order valence-electron chi connectivity index (χ3n) is 2.01. The van der Waals surface area contributed by atoms with E-state index in [0.29, 0.717) is 0 Å². The Kier molecular flexibility index (Phi) is 3.94. The Balaban J connectivity index is 2.83. The van der Waals surface area contributed by atoms with E-state index in [1.807, 2.05) is 30.3 Å². The molecule has 1 unspecified atom stereocenters. The fourth-order valence-electron chi connectivity index (χ4n) is 1.28.